The summed E-state index contributed by atoms with van der Waals surface area (Å²) in [4.78, 5) is 13.0. The maximum absolute atomic E-state index is 11.0. The second kappa shape index (κ2) is 4.58. The van der Waals surface area contributed by atoms with Crippen LogP contribution < -0.4 is 0 Å². The van der Waals surface area contributed by atoms with Crippen LogP contribution in [0.4, 0.5) is 0 Å². The summed E-state index contributed by atoms with van der Waals surface area (Å²) in [7, 11) is 0. The largest absolute Gasteiger partial charge is 0.480 e. The summed E-state index contributed by atoms with van der Waals surface area (Å²) >= 11 is 0. The van der Waals surface area contributed by atoms with Gasteiger partial charge in [-0.2, -0.15) is 0 Å². The highest BCUT2D eigenvalue weighted by atomic mass is 16.5. The molecule has 1 fully saturated rings. The van der Waals surface area contributed by atoms with Crippen LogP contribution in [0.15, 0.2) is 0 Å². The van der Waals surface area contributed by atoms with Crippen molar-refractivity contribution < 1.29 is 14.6 Å². The number of hydrogen-bond donors (Lipinski definition) is 1. The molecule has 1 rings (SSSR count). The Morgan fingerprint density at radius 3 is 2.24 bits per heavy atom. The van der Waals surface area contributed by atoms with E-state index in [0.29, 0.717) is 0 Å². The molecule has 1 saturated heterocycles. The Morgan fingerprint density at radius 2 is 1.94 bits per heavy atom. The van der Waals surface area contributed by atoms with E-state index in [0.717, 1.165) is 6.42 Å². The van der Waals surface area contributed by atoms with E-state index in [1.165, 1.54) is 0 Å². The van der Waals surface area contributed by atoms with E-state index < -0.39 is 5.97 Å². The van der Waals surface area contributed by atoms with Crippen molar-refractivity contribution in [3.63, 3.8) is 0 Å². The molecule has 0 amide bonds. The highest BCUT2D eigenvalue weighted by Crippen LogP contribution is 2.40. The van der Waals surface area contributed by atoms with Gasteiger partial charge in [0.15, 0.2) is 0 Å². The van der Waals surface area contributed by atoms with Crippen molar-refractivity contribution in [2.24, 2.45) is 0 Å². The molecule has 100 valence electrons. The first-order chi connectivity index (χ1) is 7.55. The molecule has 1 aliphatic rings. The summed E-state index contributed by atoms with van der Waals surface area (Å²) < 4.78 is 6.03. The highest BCUT2D eigenvalue weighted by Gasteiger charge is 2.49. The minimum absolute atomic E-state index is 0.0746. The molecule has 0 aromatic heterocycles. The van der Waals surface area contributed by atoms with Crippen LogP contribution in [0.2, 0.25) is 0 Å². The number of nitrogens with zero attached hydrogens (tertiary/aromatic N) is 1. The lowest BCUT2D eigenvalue weighted by Gasteiger charge is -2.37. The zero-order chi connectivity index (χ0) is 13.4. The Kier molecular flexibility index (Phi) is 3.89. The van der Waals surface area contributed by atoms with Gasteiger partial charge >= 0.3 is 5.97 Å². The van der Waals surface area contributed by atoms with Gasteiger partial charge in [0.25, 0.3) is 0 Å². The number of hydrogen-bond acceptors (Lipinski definition) is 3. The van der Waals surface area contributed by atoms with Gasteiger partial charge in [0.2, 0.25) is 0 Å². The first kappa shape index (κ1) is 14.5. The van der Waals surface area contributed by atoms with Gasteiger partial charge in [0, 0.05) is 12.1 Å². The van der Waals surface area contributed by atoms with Gasteiger partial charge in [-0.05, 0) is 48.0 Å². The summed E-state index contributed by atoms with van der Waals surface area (Å²) in [5.74, 6) is -0.779. The molecule has 0 aromatic carbocycles. The molecule has 1 N–H and O–H groups in total. The monoisotopic (exact) mass is 243 g/mol. The average Bonchev–Trinajstić information content (AvgIpc) is 2.29. The van der Waals surface area contributed by atoms with Crippen molar-refractivity contribution in [3.05, 3.63) is 0 Å². The van der Waals surface area contributed by atoms with E-state index in [2.05, 4.69) is 13.8 Å². The SMILES string of the molecule is CC(C)N(CC(=O)O)C1CC(C)(C)OC1(C)C. The maximum Gasteiger partial charge on any atom is 0.317 e. The molecule has 0 radical (unpaired) electrons. The van der Waals surface area contributed by atoms with Gasteiger partial charge < -0.3 is 9.84 Å². The van der Waals surface area contributed by atoms with Crippen LogP contribution in [-0.2, 0) is 9.53 Å². The highest BCUT2D eigenvalue weighted by molar-refractivity contribution is 5.69. The lowest BCUT2D eigenvalue weighted by atomic mass is 9.92. The Balaban J connectivity index is 2.91. The maximum atomic E-state index is 11.0. The number of carbonyl (C=O) groups is 1. The van der Waals surface area contributed by atoms with Crippen molar-refractivity contribution in [1.29, 1.82) is 0 Å². The zero-order valence-electron chi connectivity index (χ0n) is 11.8. The molecule has 0 saturated carbocycles. The Bertz CT molecular complexity index is 297. The fourth-order valence-corrected chi connectivity index (χ4v) is 2.86. The Morgan fingerprint density at radius 1 is 1.41 bits per heavy atom. The van der Waals surface area contributed by atoms with Gasteiger partial charge in [-0.15, -0.1) is 0 Å². The van der Waals surface area contributed by atoms with Gasteiger partial charge in [0.1, 0.15) is 0 Å². The molecule has 0 bridgehead atoms. The molecule has 0 spiro atoms. The minimum Gasteiger partial charge on any atom is -0.480 e. The predicted molar refractivity (Wildman–Crippen MR) is 67.1 cm³/mol. The quantitative estimate of drug-likeness (QED) is 0.821. The number of ether oxygens (including phenoxy) is 1. The minimum atomic E-state index is -0.779. The smallest absolute Gasteiger partial charge is 0.317 e. The van der Waals surface area contributed by atoms with Gasteiger partial charge in [0.05, 0.1) is 17.7 Å². The Labute approximate surface area is 104 Å². The van der Waals surface area contributed by atoms with E-state index in [9.17, 15) is 4.79 Å². The predicted octanol–water partition coefficient (Wildman–Crippen LogP) is 2.13. The van der Waals surface area contributed by atoms with Crippen LogP contribution in [0.25, 0.3) is 0 Å². The number of aliphatic carboxylic acids is 1. The lowest BCUT2D eigenvalue weighted by molar-refractivity contribution is -0.141. The molecule has 4 heteroatoms. The second-order valence-electron chi connectivity index (χ2n) is 6.34. The number of carboxylic acid groups (broad SMARTS) is 1. The first-order valence-electron chi connectivity index (χ1n) is 6.23. The van der Waals surface area contributed by atoms with Crippen LogP contribution >= 0.6 is 0 Å². The second-order valence-corrected chi connectivity index (χ2v) is 6.34. The first-order valence-corrected chi connectivity index (χ1v) is 6.23. The molecule has 17 heavy (non-hydrogen) atoms. The molecule has 1 aliphatic heterocycles. The molecule has 0 aromatic rings. The third-order valence-corrected chi connectivity index (χ3v) is 3.41. The standard InChI is InChI=1S/C13H25NO3/c1-9(2)14(8-11(15)16)10-7-12(3,4)17-13(10,5)6/h9-10H,7-8H2,1-6H3,(H,15,16). The van der Waals surface area contributed by atoms with E-state index >= 15 is 0 Å². The van der Waals surface area contributed by atoms with Crippen LogP contribution in [0, 0.1) is 0 Å². The zero-order valence-corrected chi connectivity index (χ0v) is 11.8. The molecular formula is C13H25NO3. The molecule has 0 aliphatic carbocycles. The summed E-state index contributed by atoms with van der Waals surface area (Å²) in [6.45, 7) is 12.4. The van der Waals surface area contributed by atoms with E-state index in [-0.39, 0.29) is 29.8 Å². The van der Waals surface area contributed by atoms with E-state index in [4.69, 9.17) is 9.84 Å². The van der Waals surface area contributed by atoms with Crippen LogP contribution in [-0.4, -0.2) is 45.8 Å². The number of rotatable bonds is 4. The molecular weight excluding hydrogens is 218 g/mol. The van der Waals surface area contributed by atoms with Crippen molar-refractivity contribution in [3.8, 4) is 0 Å². The summed E-state index contributed by atoms with van der Waals surface area (Å²) in [6.07, 6.45) is 0.867. The van der Waals surface area contributed by atoms with Crippen LogP contribution in [0.1, 0.15) is 48.0 Å². The lowest BCUT2D eigenvalue weighted by Crippen LogP contribution is -2.51. The summed E-state index contributed by atoms with van der Waals surface area (Å²) in [5, 5.41) is 9.01. The number of carboxylic acids is 1. The topological polar surface area (TPSA) is 49.8 Å². The van der Waals surface area contributed by atoms with Crippen LogP contribution in [0.3, 0.4) is 0 Å². The van der Waals surface area contributed by atoms with Crippen molar-refractivity contribution in [1.82, 2.24) is 4.90 Å². The van der Waals surface area contributed by atoms with E-state index in [1.54, 1.807) is 0 Å². The van der Waals surface area contributed by atoms with Crippen molar-refractivity contribution >= 4 is 5.97 Å². The summed E-state index contributed by atoms with van der Waals surface area (Å²) in [5.41, 5.74) is -0.483. The van der Waals surface area contributed by atoms with Gasteiger partial charge in [-0.3, -0.25) is 9.69 Å². The fourth-order valence-electron chi connectivity index (χ4n) is 2.86. The summed E-state index contributed by atoms with van der Waals surface area (Å²) in [6, 6.07) is 0.349. The molecule has 1 heterocycles. The fraction of sp³-hybridized carbons (Fsp3) is 0.923. The van der Waals surface area contributed by atoms with Crippen molar-refractivity contribution in [2.75, 3.05) is 6.54 Å². The normalized spacial score (nSPS) is 26.7. The third-order valence-electron chi connectivity index (χ3n) is 3.41. The molecule has 4 nitrogen and oxygen atoms in total. The molecule has 1 atom stereocenters. The van der Waals surface area contributed by atoms with Crippen LogP contribution in [0.5, 0.6) is 0 Å². The average molecular weight is 243 g/mol. The van der Waals surface area contributed by atoms with E-state index in [1.807, 2.05) is 32.6 Å². The van der Waals surface area contributed by atoms with Gasteiger partial charge in [-0.25, -0.2) is 0 Å². The third kappa shape index (κ3) is 3.42. The van der Waals surface area contributed by atoms with Gasteiger partial charge in [-0.1, -0.05) is 0 Å². The molecule has 1 unspecified atom stereocenters. The van der Waals surface area contributed by atoms with Crippen molar-refractivity contribution in [2.45, 2.75) is 71.2 Å². The Hall–Kier alpha value is -0.610.